The molecule has 4 nitrogen and oxygen atoms in total. The third-order valence-corrected chi connectivity index (χ3v) is 2.58. The van der Waals surface area contributed by atoms with Gasteiger partial charge in [-0.1, -0.05) is 47.6 Å². The maximum atomic E-state index is 10.7. The Morgan fingerprint density at radius 2 is 1.48 bits per heavy atom. The molecule has 0 radical (unpaired) electrons. The molecule has 0 aliphatic rings. The SMILES string of the molecule is CC(C)(C)c1ccc(=O)[nH]c1.CC(C)C.Cc1cc[nH]c(=O)c1. The van der Waals surface area contributed by atoms with Gasteiger partial charge in [-0.3, -0.25) is 9.59 Å². The fourth-order valence-electron chi connectivity index (χ4n) is 1.43. The van der Waals surface area contributed by atoms with Crippen LogP contribution in [0.25, 0.3) is 0 Å². The predicted octanol–water partition coefficient (Wildman–Crippen LogP) is 4.02. The molecule has 0 bridgehead atoms. The number of hydrogen-bond donors (Lipinski definition) is 2. The van der Waals surface area contributed by atoms with Gasteiger partial charge in [0.1, 0.15) is 0 Å². The Bertz CT molecular complexity index is 653. The second-order valence-electron chi connectivity index (χ2n) is 7.15. The third kappa shape index (κ3) is 11.2. The van der Waals surface area contributed by atoms with E-state index in [0.29, 0.717) is 0 Å². The van der Waals surface area contributed by atoms with E-state index in [1.54, 1.807) is 24.5 Å². The van der Waals surface area contributed by atoms with E-state index in [4.69, 9.17) is 0 Å². The Hall–Kier alpha value is -2.10. The quantitative estimate of drug-likeness (QED) is 0.770. The first-order valence-corrected chi connectivity index (χ1v) is 7.87. The summed E-state index contributed by atoms with van der Waals surface area (Å²) in [7, 11) is 0. The van der Waals surface area contributed by atoms with Crippen molar-refractivity contribution < 1.29 is 0 Å². The van der Waals surface area contributed by atoms with E-state index in [-0.39, 0.29) is 16.5 Å². The van der Waals surface area contributed by atoms with Gasteiger partial charge in [0.25, 0.3) is 0 Å². The first-order chi connectivity index (χ1) is 10.5. The molecule has 2 aromatic rings. The highest BCUT2D eigenvalue weighted by Gasteiger charge is 2.12. The number of hydrogen-bond acceptors (Lipinski definition) is 2. The molecule has 0 fully saturated rings. The van der Waals surface area contributed by atoms with Crippen molar-refractivity contribution in [3.63, 3.8) is 0 Å². The molecule has 0 aromatic carbocycles. The van der Waals surface area contributed by atoms with Crippen molar-refractivity contribution in [1.82, 2.24) is 9.97 Å². The lowest BCUT2D eigenvalue weighted by atomic mass is 9.88. The van der Waals surface area contributed by atoms with Crippen LogP contribution in [0.4, 0.5) is 0 Å². The van der Waals surface area contributed by atoms with E-state index in [1.807, 2.05) is 19.1 Å². The summed E-state index contributed by atoms with van der Waals surface area (Å²) in [6.07, 6.45) is 3.40. The zero-order chi connectivity index (χ0) is 18.0. The highest BCUT2D eigenvalue weighted by Crippen LogP contribution is 2.19. The minimum atomic E-state index is -0.0435. The number of pyridine rings is 2. The lowest BCUT2D eigenvalue weighted by Gasteiger charge is -2.17. The zero-order valence-corrected chi connectivity index (χ0v) is 15.4. The maximum Gasteiger partial charge on any atom is 0.248 e. The number of aromatic amines is 2. The monoisotopic (exact) mass is 318 g/mol. The summed E-state index contributed by atoms with van der Waals surface area (Å²) >= 11 is 0. The topological polar surface area (TPSA) is 65.7 Å². The molecule has 0 atom stereocenters. The summed E-state index contributed by atoms with van der Waals surface area (Å²) in [5.74, 6) is 0.833. The molecule has 0 saturated heterocycles. The molecule has 4 heteroatoms. The Morgan fingerprint density at radius 1 is 0.913 bits per heavy atom. The van der Waals surface area contributed by atoms with E-state index in [0.717, 1.165) is 17.0 Å². The van der Waals surface area contributed by atoms with Gasteiger partial charge in [0.15, 0.2) is 0 Å². The Labute approximate surface area is 139 Å². The summed E-state index contributed by atoms with van der Waals surface area (Å²) in [6, 6.07) is 6.82. The van der Waals surface area contributed by atoms with Gasteiger partial charge in [-0.2, -0.15) is 0 Å². The second-order valence-corrected chi connectivity index (χ2v) is 7.15. The van der Waals surface area contributed by atoms with Crippen LogP contribution in [0.1, 0.15) is 52.7 Å². The van der Waals surface area contributed by atoms with Crippen molar-refractivity contribution in [3.05, 3.63) is 68.5 Å². The zero-order valence-electron chi connectivity index (χ0n) is 15.4. The Morgan fingerprint density at radius 3 is 1.78 bits per heavy atom. The molecular weight excluding hydrogens is 288 g/mol. The molecule has 23 heavy (non-hydrogen) atoms. The van der Waals surface area contributed by atoms with Crippen molar-refractivity contribution in [2.45, 2.75) is 53.9 Å². The summed E-state index contributed by atoms with van der Waals surface area (Å²) in [4.78, 5) is 26.3. The van der Waals surface area contributed by atoms with Crippen LogP contribution >= 0.6 is 0 Å². The van der Waals surface area contributed by atoms with Gasteiger partial charge in [-0.05, 0) is 35.4 Å². The third-order valence-electron chi connectivity index (χ3n) is 2.58. The number of rotatable bonds is 0. The molecule has 0 aliphatic heterocycles. The number of nitrogens with one attached hydrogen (secondary N) is 2. The predicted molar refractivity (Wildman–Crippen MR) is 98.1 cm³/mol. The van der Waals surface area contributed by atoms with E-state index >= 15 is 0 Å². The molecular formula is C19H30N2O2. The van der Waals surface area contributed by atoms with Crippen LogP contribution < -0.4 is 11.1 Å². The molecule has 0 saturated carbocycles. The highest BCUT2D eigenvalue weighted by molar-refractivity contribution is 5.17. The smallest absolute Gasteiger partial charge is 0.248 e. The van der Waals surface area contributed by atoms with Crippen LogP contribution in [0.3, 0.4) is 0 Å². The van der Waals surface area contributed by atoms with Gasteiger partial charge in [0.2, 0.25) is 11.1 Å². The summed E-state index contributed by atoms with van der Waals surface area (Å²) < 4.78 is 0. The molecule has 2 heterocycles. The van der Waals surface area contributed by atoms with Crippen LogP contribution in [0, 0.1) is 12.8 Å². The van der Waals surface area contributed by atoms with Gasteiger partial charge < -0.3 is 9.97 Å². The Balaban J connectivity index is 0.000000354. The molecule has 2 N–H and O–H groups in total. The van der Waals surface area contributed by atoms with E-state index < -0.39 is 0 Å². The van der Waals surface area contributed by atoms with Gasteiger partial charge in [-0.15, -0.1) is 0 Å². The van der Waals surface area contributed by atoms with Gasteiger partial charge in [0, 0.05) is 24.5 Å². The molecule has 128 valence electrons. The number of H-pyrrole nitrogens is 2. The van der Waals surface area contributed by atoms with Crippen molar-refractivity contribution >= 4 is 0 Å². The normalized spacial score (nSPS) is 10.3. The van der Waals surface area contributed by atoms with Gasteiger partial charge in [-0.25, -0.2) is 0 Å². The van der Waals surface area contributed by atoms with Crippen LogP contribution in [-0.4, -0.2) is 9.97 Å². The molecule has 0 spiro atoms. The van der Waals surface area contributed by atoms with Crippen molar-refractivity contribution in [3.8, 4) is 0 Å². The minimum absolute atomic E-state index is 0.0370. The molecule has 2 rings (SSSR count). The van der Waals surface area contributed by atoms with Crippen LogP contribution in [0.2, 0.25) is 0 Å². The average Bonchev–Trinajstić information content (AvgIpc) is 2.37. The van der Waals surface area contributed by atoms with E-state index in [2.05, 4.69) is 51.5 Å². The minimum Gasteiger partial charge on any atom is -0.329 e. The van der Waals surface area contributed by atoms with Gasteiger partial charge >= 0.3 is 0 Å². The summed E-state index contributed by atoms with van der Waals surface area (Å²) in [5.41, 5.74) is 2.18. The average molecular weight is 318 g/mol. The molecule has 0 amide bonds. The second kappa shape index (κ2) is 9.82. The Kier molecular flexibility index (Phi) is 8.93. The van der Waals surface area contributed by atoms with Crippen molar-refractivity contribution in [1.29, 1.82) is 0 Å². The van der Waals surface area contributed by atoms with Gasteiger partial charge in [0.05, 0.1) is 0 Å². The van der Waals surface area contributed by atoms with Crippen LogP contribution in [-0.2, 0) is 5.41 Å². The van der Waals surface area contributed by atoms with Crippen molar-refractivity contribution in [2.24, 2.45) is 5.92 Å². The first kappa shape index (κ1) is 20.9. The maximum absolute atomic E-state index is 10.7. The lowest BCUT2D eigenvalue weighted by Crippen LogP contribution is -2.14. The fourth-order valence-corrected chi connectivity index (χ4v) is 1.43. The largest absolute Gasteiger partial charge is 0.329 e. The fraction of sp³-hybridized carbons (Fsp3) is 0.474. The van der Waals surface area contributed by atoms with Crippen molar-refractivity contribution in [2.75, 3.05) is 0 Å². The highest BCUT2D eigenvalue weighted by atomic mass is 16.1. The standard InChI is InChI=1S/C9H13NO.C6H7NO.C4H10/c1-9(2,3)7-4-5-8(11)10-6-7;1-5-2-3-7-6(8)4-5;1-4(2)3/h4-6H,1-3H3,(H,10,11);2-4H,1H3,(H,7,8);4H,1-3H3. The summed E-state index contributed by atoms with van der Waals surface area (Å²) in [5, 5.41) is 0. The molecule has 2 aromatic heterocycles. The first-order valence-electron chi connectivity index (χ1n) is 7.87. The molecule has 0 aliphatic carbocycles. The molecule has 0 unspecified atom stereocenters. The van der Waals surface area contributed by atoms with Crippen LogP contribution in [0.5, 0.6) is 0 Å². The lowest BCUT2D eigenvalue weighted by molar-refractivity contribution is 0.587. The van der Waals surface area contributed by atoms with E-state index in [1.165, 1.54) is 0 Å². The summed E-state index contributed by atoms with van der Waals surface area (Å²) in [6.45, 7) is 14.7. The van der Waals surface area contributed by atoms with Crippen LogP contribution in [0.15, 0.2) is 46.2 Å². The number of aromatic nitrogens is 2. The number of aryl methyl sites for hydroxylation is 1. The van der Waals surface area contributed by atoms with E-state index in [9.17, 15) is 9.59 Å².